The molecule has 0 N–H and O–H groups in total. The summed E-state index contributed by atoms with van der Waals surface area (Å²) in [4.78, 5) is 0. The Labute approximate surface area is 48.5 Å². The van der Waals surface area contributed by atoms with Gasteiger partial charge < -0.3 is 0 Å². The van der Waals surface area contributed by atoms with Gasteiger partial charge >= 0.3 is 29.6 Å². The van der Waals surface area contributed by atoms with Crippen molar-refractivity contribution in [2.75, 3.05) is 0 Å². The van der Waals surface area contributed by atoms with Crippen molar-refractivity contribution in [3.8, 4) is 0 Å². The fraction of sp³-hybridized carbons (Fsp3) is 0. The Bertz CT molecular complexity index is 24.3. The molecule has 1 heteroatoms. The van der Waals surface area contributed by atoms with E-state index in [9.17, 15) is 0 Å². The Morgan fingerprint density at radius 1 is 1.25 bits per heavy atom. The fourth-order valence-electron chi connectivity index (χ4n) is 0. The second-order valence-corrected chi connectivity index (χ2v) is 0.250. The van der Waals surface area contributed by atoms with E-state index in [1.54, 1.807) is 0 Å². The molecule has 0 amide bonds. The maximum atomic E-state index is 3.12. The summed E-state index contributed by atoms with van der Waals surface area (Å²) in [5, 5.41) is 0. The van der Waals surface area contributed by atoms with Gasteiger partial charge in [0.15, 0.2) is 0 Å². The summed E-state index contributed by atoms with van der Waals surface area (Å²) < 4.78 is 0. The predicted molar refractivity (Wildman–Crippen MR) is 21.9 cm³/mol. The third-order valence-corrected chi connectivity index (χ3v) is 0. The van der Waals surface area contributed by atoms with Gasteiger partial charge in [-0.25, -0.2) is 0 Å². The van der Waals surface area contributed by atoms with Gasteiger partial charge in [-0.1, -0.05) is 13.2 Å². The number of rotatable bonds is 0. The van der Waals surface area contributed by atoms with Gasteiger partial charge in [-0.3, -0.25) is 0 Å². The van der Waals surface area contributed by atoms with Gasteiger partial charge in [0.1, 0.15) is 0 Å². The van der Waals surface area contributed by atoms with Crippen molar-refractivity contribution in [2.24, 2.45) is 0 Å². The summed E-state index contributed by atoms with van der Waals surface area (Å²) in [6.45, 7) is 6.25. The Morgan fingerprint density at radius 3 is 1.25 bits per heavy atom. The van der Waals surface area contributed by atoms with Crippen LogP contribution >= 0.6 is 0 Å². The van der Waals surface area contributed by atoms with Gasteiger partial charge in [0.05, 0.1) is 0 Å². The predicted octanol–water partition coefficient (Wildman–Crippen LogP) is 0.309. The quantitative estimate of drug-likeness (QED) is 0.281. The van der Waals surface area contributed by atoms with Crippen molar-refractivity contribution >= 4 is 29.6 Å². The van der Waals surface area contributed by atoms with E-state index >= 15 is 0 Å². The van der Waals surface area contributed by atoms with E-state index in [1.165, 1.54) is 0 Å². The molecule has 0 aliphatic heterocycles. The molecule has 4 heavy (non-hydrogen) atoms. The van der Waals surface area contributed by atoms with Crippen LogP contribution < -0.4 is 0 Å². The average Bonchev–Trinajstić information content (AvgIpc) is 0.918. The molecule has 0 nitrogen and oxygen atoms in total. The van der Waals surface area contributed by atoms with E-state index < -0.39 is 0 Å². The first-order valence-corrected chi connectivity index (χ1v) is 0.707. The molecule has 0 spiro atoms. The SMILES string of the molecule is C=C=C.[NaH]. The van der Waals surface area contributed by atoms with Crippen LogP contribution in [0.15, 0.2) is 18.9 Å². The van der Waals surface area contributed by atoms with E-state index in [0.717, 1.165) is 0 Å². The third kappa shape index (κ3) is 21.5. The van der Waals surface area contributed by atoms with Crippen LogP contribution in [0.3, 0.4) is 0 Å². The van der Waals surface area contributed by atoms with Gasteiger partial charge in [0.25, 0.3) is 0 Å². The molecule has 18 valence electrons. The summed E-state index contributed by atoms with van der Waals surface area (Å²) in [7, 11) is 0. The Kier molecular flexibility index (Phi) is 21.3. The summed E-state index contributed by atoms with van der Waals surface area (Å²) in [5.41, 5.74) is 2.25. The molecule has 0 aliphatic rings. The second kappa shape index (κ2) is 9.68. The van der Waals surface area contributed by atoms with Crippen LogP contribution in [0.1, 0.15) is 0 Å². The van der Waals surface area contributed by atoms with Crippen LogP contribution in [-0.4, -0.2) is 29.6 Å². The normalized spacial score (nSPS) is 2.00. The monoisotopic (exact) mass is 64.0 g/mol. The van der Waals surface area contributed by atoms with Crippen LogP contribution in [0.4, 0.5) is 0 Å². The second-order valence-electron chi connectivity index (χ2n) is 0.250. The molecule has 0 fully saturated rings. The molecule has 0 aliphatic carbocycles. The van der Waals surface area contributed by atoms with Crippen molar-refractivity contribution in [1.82, 2.24) is 0 Å². The van der Waals surface area contributed by atoms with Crippen LogP contribution in [0.2, 0.25) is 0 Å². The Hall–Kier alpha value is 0.520. The Balaban J connectivity index is 0. The topological polar surface area (TPSA) is 0 Å². The molecular formula is C3H5Na. The number of hydrogen-bond donors (Lipinski definition) is 0. The van der Waals surface area contributed by atoms with E-state index in [2.05, 4.69) is 18.9 Å². The Morgan fingerprint density at radius 2 is 1.25 bits per heavy atom. The first-order chi connectivity index (χ1) is 1.41. The zero-order valence-corrected chi connectivity index (χ0v) is 1.91. The molecule has 0 atom stereocenters. The standard InChI is InChI=1S/C3H4.Na.H/c1-3-2;;/h1-2H2;;. The minimum atomic E-state index is 0. The van der Waals surface area contributed by atoms with Crippen molar-refractivity contribution in [3.63, 3.8) is 0 Å². The summed E-state index contributed by atoms with van der Waals surface area (Å²) in [6.07, 6.45) is 0. The van der Waals surface area contributed by atoms with E-state index in [4.69, 9.17) is 0 Å². The molecule has 0 aromatic heterocycles. The molecule has 0 aromatic rings. The van der Waals surface area contributed by atoms with Gasteiger partial charge in [-0.2, -0.15) is 0 Å². The summed E-state index contributed by atoms with van der Waals surface area (Å²) >= 11 is 0. The first kappa shape index (κ1) is 8.82. The summed E-state index contributed by atoms with van der Waals surface area (Å²) in [6, 6.07) is 0. The molecule has 0 unspecified atom stereocenters. The number of hydrogen-bond acceptors (Lipinski definition) is 0. The molecule has 0 bridgehead atoms. The average molecular weight is 64.1 g/mol. The van der Waals surface area contributed by atoms with Gasteiger partial charge in [-0.15, -0.1) is 5.73 Å². The third-order valence-electron chi connectivity index (χ3n) is 0. The molecule has 0 heterocycles. The minimum absolute atomic E-state index is 0. The van der Waals surface area contributed by atoms with Crippen LogP contribution in [0.25, 0.3) is 0 Å². The van der Waals surface area contributed by atoms with Crippen molar-refractivity contribution in [1.29, 1.82) is 0 Å². The zero-order chi connectivity index (χ0) is 2.71. The van der Waals surface area contributed by atoms with Crippen LogP contribution in [-0.2, 0) is 0 Å². The molecule has 0 radical (unpaired) electrons. The van der Waals surface area contributed by atoms with Gasteiger partial charge in [-0.05, 0) is 0 Å². The zero-order valence-electron chi connectivity index (χ0n) is 1.91. The molecule has 0 saturated heterocycles. The maximum absolute atomic E-state index is 3.12. The molecule has 0 aromatic carbocycles. The van der Waals surface area contributed by atoms with Gasteiger partial charge in [0, 0.05) is 0 Å². The van der Waals surface area contributed by atoms with E-state index in [1.807, 2.05) is 0 Å². The van der Waals surface area contributed by atoms with E-state index in [-0.39, 0.29) is 29.6 Å². The van der Waals surface area contributed by atoms with Crippen LogP contribution in [0.5, 0.6) is 0 Å². The van der Waals surface area contributed by atoms with Crippen molar-refractivity contribution in [2.45, 2.75) is 0 Å². The fourth-order valence-corrected chi connectivity index (χ4v) is 0. The molecule has 0 saturated carbocycles. The first-order valence-electron chi connectivity index (χ1n) is 0.707. The molecule has 0 rings (SSSR count). The van der Waals surface area contributed by atoms with Crippen LogP contribution in [0, 0.1) is 0 Å². The molecular weight excluding hydrogens is 59.0 g/mol. The van der Waals surface area contributed by atoms with Crippen molar-refractivity contribution < 1.29 is 0 Å². The van der Waals surface area contributed by atoms with Gasteiger partial charge in [0.2, 0.25) is 0 Å². The van der Waals surface area contributed by atoms with E-state index in [0.29, 0.717) is 0 Å². The summed E-state index contributed by atoms with van der Waals surface area (Å²) in [5.74, 6) is 0. The van der Waals surface area contributed by atoms with Crippen molar-refractivity contribution in [3.05, 3.63) is 18.9 Å².